The van der Waals surface area contributed by atoms with Gasteiger partial charge in [-0.25, -0.2) is 0 Å². The zero-order valence-electron chi connectivity index (χ0n) is 13.8. The second-order valence-electron chi connectivity index (χ2n) is 6.45. The van der Waals surface area contributed by atoms with Crippen LogP contribution >= 0.6 is 0 Å². The van der Waals surface area contributed by atoms with Crippen molar-refractivity contribution in [2.45, 2.75) is 73.1 Å². The van der Waals surface area contributed by atoms with Gasteiger partial charge in [0, 0.05) is 11.1 Å². The van der Waals surface area contributed by atoms with Crippen molar-refractivity contribution in [1.82, 2.24) is 0 Å². The third-order valence-electron chi connectivity index (χ3n) is 4.59. The predicted octanol–water partition coefficient (Wildman–Crippen LogP) is 4.45. The highest BCUT2D eigenvalue weighted by Gasteiger charge is 2.33. The molecule has 114 valence electrons. The molecule has 0 aromatic heterocycles. The van der Waals surface area contributed by atoms with Crippen molar-refractivity contribution in [3.8, 4) is 0 Å². The zero-order valence-corrected chi connectivity index (χ0v) is 13.8. The topological polar surface area (TPSA) is 52.0 Å². The average Bonchev–Trinajstić information content (AvgIpc) is 2.35. The predicted molar refractivity (Wildman–Crippen MR) is 86.8 cm³/mol. The van der Waals surface area contributed by atoms with Crippen LogP contribution in [0.3, 0.4) is 0 Å². The van der Waals surface area contributed by atoms with Gasteiger partial charge in [0.1, 0.15) is 0 Å². The first-order chi connectivity index (χ1) is 8.91. The summed E-state index contributed by atoms with van der Waals surface area (Å²) < 4.78 is 0. The molecule has 0 rings (SSSR count). The number of allylic oxidation sites excluding steroid dienone is 2. The van der Waals surface area contributed by atoms with Gasteiger partial charge in [-0.2, -0.15) is 0 Å². The second kappa shape index (κ2) is 9.41. The maximum Gasteiger partial charge on any atom is 0.0100 e. The summed E-state index contributed by atoms with van der Waals surface area (Å²) in [4.78, 5) is 0. The molecule has 0 amide bonds. The van der Waals surface area contributed by atoms with Gasteiger partial charge in [-0.05, 0) is 37.6 Å². The fourth-order valence-electron chi connectivity index (χ4n) is 3.22. The lowest BCUT2D eigenvalue weighted by Gasteiger charge is -2.38. The van der Waals surface area contributed by atoms with Crippen molar-refractivity contribution in [2.75, 3.05) is 6.54 Å². The zero-order chi connectivity index (χ0) is 14.9. The lowest BCUT2D eigenvalue weighted by Crippen LogP contribution is -2.34. The molecule has 2 atom stereocenters. The first-order valence-electron chi connectivity index (χ1n) is 8.07. The Balaban J connectivity index is 4.69. The van der Waals surface area contributed by atoms with Crippen LogP contribution in [0.5, 0.6) is 0 Å². The van der Waals surface area contributed by atoms with Crippen LogP contribution < -0.4 is 11.5 Å². The molecule has 0 bridgehead atoms. The average molecular weight is 268 g/mol. The molecule has 0 aliphatic carbocycles. The van der Waals surface area contributed by atoms with Crippen LogP contribution in [-0.4, -0.2) is 6.54 Å². The van der Waals surface area contributed by atoms with Crippen molar-refractivity contribution in [2.24, 2.45) is 28.7 Å². The smallest absolute Gasteiger partial charge is 0.0100 e. The summed E-state index contributed by atoms with van der Waals surface area (Å²) in [6, 6.07) is 0. The molecule has 19 heavy (non-hydrogen) atoms. The number of hydrogen-bond donors (Lipinski definition) is 2. The Morgan fingerprint density at radius 3 is 2.32 bits per heavy atom. The first kappa shape index (κ1) is 18.5. The van der Waals surface area contributed by atoms with Crippen LogP contribution in [0, 0.1) is 17.3 Å². The number of unbranched alkanes of at least 4 members (excludes halogenated alkanes) is 3. The highest BCUT2D eigenvalue weighted by molar-refractivity contribution is 5.10. The Labute approximate surface area is 121 Å². The standard InChI is InChI=1S/C17H36N2/c1-6-8-9-10-11-16(19)17(4,5)15(7-2)14(3)12-13-18/h11,14-15H,6-10,12-13,18-19H2,1-5H3. The third-order valence-corrected chi connectivity index (χ3v) is 4.59. The summed E-state index contributed by atoms with van der Waals surface area (Å²) in [5, 5.41) is 0. The van der Waals surface area contributed by atoms with Crippen molar-refractivity contribution in [3.05, 3.63) is 11.8 Å². The van der Waals surface area contributed by atoms with Crippen molar-refractivity contribution < 1.29 is 0 Å². The van der Waals surface area contributed by atoms with E-state index in [0.29, 0.717) is 11.8 Å². The van der Waals surface area contributed by atoms with Crippen LogP contribution in [-0.2, 0) is 0 Å². The molecule has 0 aromatic carbocycles. The second-order valence-corrected chi connectivity index (χ2v) is 6.45. The minimum Gasteiger partial charge on any atom is -0.402 e. The SMILES string of the molecule is CCCCCC=C(N)C(C)(C)C(CC)C(C)CCN. The molecule has 0 saturated carbocycles. The molecule has 4 N–H and O–H groups in total. The van der Waals surface area contributed by atoms with Gasteiger partial charge in [0.2, 0.25) is 0 Å². The first-order valence-corrected chi connectivity index (χ1v) is 8.07. The van der Waals surface area contributed by atoms with Crippen LogP contribution in [0.2, 0.25) is 0 Å². The van der Waals surface area contributed by atoms with Crippen molar-refractivity contribution >= 4 is 0 Å². The summed E-state index contributed by atoms with van der Waals surface area (Å²) in [6.07, 6.45) is 9.44. The molecule has 0 aliphatic heterocycles. The Bertz CT molecular complexity index is 256. The van der Waals surface area contributed by atoms with E-state index in [-0.39, 0.29) is 5.41 Å². The summed E-state index contributed by atoms with van der Waals surface area (Å²) in [7, 11) is 0. The Kier molecular flexibility index (Phi) is 9.16. The van der Waals surface area contributed by atoms with E-state index in [1.807, 2.05) is 0 Å². The number of hydrogen-bond acceptors (Lipinski definition) is 2. The summed E-state index contributed by atoms with van der Waals surface area (Å²) in [6.45, 7) is 12.2. The van der Waals surface area contributed by atoms with Gasteiger partial charge in [-0.1, -0.05) is 60.0 Å². The highest BCUT2D eigenvalue weighted by Crippen LogP contribution is 2.40. The highest BCUT2D eigenvalue weighted by atomic mass is 14.6. The minimum atomic E-state index is 0.0789. The molecule has 0 aromatic rings. The van der Waals surface area contributed by atoms with E-state index in [4.69, 9.17) is 11.5 Å². The molecule has 0 aliphatic rings. The Hall–Kier alpha value is -0.500. The summed E-state index contributed by atoms with van der Waals surface area (Å²) in [5.74, 6) is 1.24. The van der Waals surface area contributed by atoms with Crippen LogP contribution in [0.25, 0.3) is 0 Å². The summed E-state index contributed by atoms with van der Waals surface area (Å²) in [5.41, 5.74) is 13.2. The fourth-order valence-corrected chi connectivity index (χ4v) is 3.22. The van der Waals surface area contributed by atoms with Crippen LogP contribution in [0.4, 0.5) is 0 Å². The van der Waals surface area contributed by atoms with Gasteiger partial charge < -0.3 is 11.5 Å². The molecule has 0 fully saturated rings. The Morgan fingerprint density at radius 1 is 1.21 bits per heavy atom. The fraction of sp³-hybridized carbons (Fsp3) is 0.882. The van der Waals surface area contributed by atoms with Crippen molar-refractivity contribution in [1.29, 1.82) is 0 Å². The molecular formula is C17H36N2. The molecule has 2 unspecified atom stereocenters. The number of nitrogens with two attached hydrogens (primary N) is 2. The minimum absolute atomic E-state index is 0.0789. The van der Waals surface area contributed by atoms with Crippen LogP contribution in [0.15, 0.2) is 11.8 Å². The van der Waals surface area contributed by atoms with E-state index >= 15 is 0 Å². The molecular weight excluding hydrogens is 232 g/mol. The van der Waals surface area contributed by atoms with Crippen LogP contribution in [0.1, 0.15) is 73.1 Å². The van der Waals surface area contributed by atoms with E-state index in [1.54, 1.807) is 0 Å². The van der Waals surface area contributed by atoms with Gasteiger partial charge in [0.05, 0.1) is 0 Å². The normalized spacial score (nSPS) is 16.4. The van der Waals surface area contributed by atoms with Crippen molar-refractivity contribution in [3.63, 3.8) is 0 Å². The number of rotatable bonds is 10. The summed E-state index contributed by atoms with van der Waals surface area (Å²) >= 11 is 0. The van der Waals surface area contributed by atoms with Gasteiger partial charge in [-0.15, -0.1) is 0 Å². The van der Waals surface area contributed by atoms with Gasteiger partial charge in [0.15, 0.2) is 0 Å². The molecule has 0 saturated heterocycles. The molecule has 2 heteroatoms. The quantitative estimate of drug-likeness (QED) is 0.575. The molecule has 0 radical (unpaired) electrons. The molecule has 0 heterocycles. The van der Waals surface area contributed by atoms with E-state index in [9.17, 15) is 0 Å². The van der Waals surface area contributed by atoms with E-state index < -0.39 is 0 Å². The lowest BCUT2D eigenvalue weighted by atomic mass is 9.68. The van der Waals surface area contributed by atoms with Gasteiger partial charge in [0.25, 0.3) is 0 Å². The third kappa shape index (κ3) is 5.99. The largest absolute Gasteiger partial charge is 0.402 e. The molecule has 2 nitrogen and oxygen atoms in total. The maximum atomic E-state index is 6.37. The maximum absolute atomic E-state index is 6.37. The van der Waals surface area contributed by atoms with Gasteiger partial charge >= 0.3 is 0 Å². The Morgan fingerprint density at radius 2 is 1.84 bits per heavy atom. The monoisotopic (exact) mass is 268 g/mol. The van der Waals surface area contributed by atoms with E-state index in [0.717, 1.165) is 31.5 Å². The van der Waals surface area contributed by atoms with Gasteiger partial charge in [-0.3, -0.25) is 0 Å². The van der Waals surface area contributed by atoms with E-state index in [1.165, 1.54) is 19.3 Å². The molecule has 0 spiro atoms. The van der Waals surface area contributed by atoms with E-state index in [2.05, 4.69) is 40.7 Å². The lowest BCUT2D eigenvalue weighted by molar-refractivity contribution is 0.171.